The Labute approximate surface area is 131 Å². The second kappa shape index (κ2) is 5.05. The van der Waals surface area contributed by atoms with Crippen molar-refractivity contribution in [2.75, 3.05) is 0 Å². The van der Waals surface area contributed by atoms with Crippen molar-refractivity contribution in [3.8, 4) is 0 Å². The van der Waals surface area contributed by atoms with E-state index in [9.17, 15) is 9.59 Å². The van der Waals surface area contributed by atoms with Crippen molar-refractivity contribution < 1.29 is 9.59 Å². The molecule has 0 saturated carbocycles. The van der Waals surface area contributed by atoms with Crippen LogP contribution in [0.4, 0.5) is 0 Å². The summed E-state index contributed by atoms with van der Waals surface area (Å²) in [6.07, 6.45) is 3.22. The number of fused-ring (bicyclic) bond motifs is 1. The molecule has 0 bridgehead atoms. The lowest BCUT2D eigenvalue weighted by Crippen LogP contribution is -2.47. The molecule has 2 aliphatic rings. The monoisotopic (exact) mass is 294 g/mol. The first-order valence-corrected chi connectivity index (χ1v) is 7.85. The third-order valence-corrected chi connectivity index (χ3v) is 5.51. The summed E-state index contributed by atoms with van der Waals surface area (Å²) < 4.78 is 0. The zero-order valence-electron chi connectivity index (χ0n) is 13.5. The molecule has 22 heavy (non-hydrogen) atoms. The average Bonchev–Trinajstić information content (AvgIpc) is 2.74. The molecule has 0 saturated heterocycles. The summed E-state index contributed by atoms with van der Waals surface area (Å²) in [5, 5.41) is 0. The van der Waals surface area contributed by atoms with Crippen LogP contribution in [0.3, 0.4) is 0 Å². The van der Waals surface area contributed by atoms with Gasteiger partial charge in [-0.05, 0) is 49.8 Å². The number of carbonyl (C=O) groups is 2. The summed E-state index contributed by atoms with van der Waals surface area (Å²) in [7, 11) is 0. The molecule has 114 valence electrons. The quantitative estimate of drug-likeness (QED) is 0.778. The molecule has 1 aromatic carbocycles. The minimum Gasteiger partial charge on any atom is -0.298 e. The number of hydrogen-bond acceptors (Lipinski definition) is 2. The number of rotatable bonds is 2. The Kier molecular flexibility index (Phi) is 3.43. The van der Waals surface area contributed by atoms with Gasteiger partial charge in [-0.15, -0.1) is 0 Å². The van der Waals surface area contributed by atoms with Gasteiger partial charge >= 0.3 is 0 Å². The maximum Gasteiger partial charge on any atom is 0.163 e. The predicted molar refractivity (Wildman–Crippen MR) is 87.7 cm³/mol. The van der Waals surface area contributed by atoms with E-state index in [-0.39, 0.29) is 23.4 Å². The molecule has 0 radical (unpaired) electrons. The van der Waals surface area contributed by atoms with Gasteiger partial charge in [-0.2, -0.15) is 0 Å². The van der Waals surface area contributed by atoms with Gasteiger partial charge in [0.25, 0.3) is 0 Å². The Morgan fingerprint density at radius 3 is 2.64 bits per heavy atom. The average molecular weight is 294 g/mol. The van der Waals surface area contributed by atoms with E-state index in [1.54, 1.807) is 0 Å². The van der Waals surface area contributed by atoms with Crippen LogP contribution in [-0.2, 0) is 21.4 Å². The first kappa shape index (κ1) is 15.0. The zero-order valence-corrected chi connectivity index (χ0v) is 13.5. The Morgan fingerprint density at radius 1 is 1.27 bits per heavy atom. The van der Waals surface area contributed by atoms with Crippen molar-refractivity contribution in [1.82, 2.24) is 0 Å². The molecular weight excluding hydrogens is 272 g/mol. The van der Waals surface area contributed by atoms with Gasteiger partial charge in [-0.1, -0.05) is 42.5 Å². The van der Waals surface area contributed by atoms with Gasteiger partial charge in [0.1, 0.15) is 5.78 Å². The summed E-state index contributed by atoms with van der Waals surface area (Å²) in [6, 6.07) is 7.93. The highest BCUT2D eigenvalue weighted by Gasteiger charge is 2.54. The van der Waals surface area contributed by atoms with Gasteiger partial charge in [0.2, 0.25) is 0 Å². The fourth-order valence-corrected chi connectivity index (χ4v) is 4.15. The lowest BCUT2D eigenvalue weighted by molar-refractivity contribution is -0.132. The molecule has 0 N–H and O–H groups in total. The molecule has 3 atom stereocenters. The first-order valence-electron chi connectivity index (χ1n) is 7.85. The van der Waals surface area contributed by atoms with Crippen molar-refractivity contribution in [2.45, 2.75) is 39.0 Å². The SMILES string of the molecule is C=C(C)[C@H]1CC=C(C)C(=O)C1C1(C)C(=O)Cc2ccccc21. The highest BCUT2D eigenvalue weighted by atomic mass is 16.1. The van der Waals surface area contributed by atoms with Gasteiger partial charge in [-0.3, -0.25) is 9.59 Å². The highest BCUT2D eigenvalue weighted by Crippen LogP contribution is 2.49. The van der Waals surface area contributed by atoms with Crippen LogP contribution in [0.25, 0.3) is 0 Å². The third kappa shape index (κ3) is 1.93. The number of hydrogen-bond donors (Lipinski definition) is 0. The summed E-state index contributed by atoms with van der Waals surface area (Å²) in [6.45, 7) is 9.86. The molecule has 2 unspecified atom stereocenters. The molecular formula is C20H22O2. The Morgan fingerprint density at radius 2 is 1.95 bits per heavy atom. The second-order valence-corrected chi connectivity index (χ2v) is 6.88. The zero-order chi connectivity index (χ0) is 16.1. The smallest absolute Gasteiger partial charge is 0.163 e. The minimum absolute atomic E-state index is 0.0382. The minimum atomic E-state index is -0.729. The van der Waals surface area contributed by atoms with E-state index < -0.39 is 5.41 Å². The molecule has 1 aromatic rings. The molecule has 2 heteroatoms. The van der Waals surface area contributed by atoms with E-state index in [0.717, 1.165) is 28.7 Å². The molecule has 2 nitrogen and oxygen atoms in total. The van der Waals surface area contributed by atoms with Crippen molar-refractivity contribution in [3.63, 3.8) is 0 Å². The Bertz CT molecular complexity index is 710. The standard InChI is InChI=1S/C20H22O2/c1-12(2)15-10-9-13(3)19(22)18(15)20(4)16-8-6-5-7-14(16)11-17(20)21/h5-9,15,18H,1,10-11H2,2-4H3/t15-,18?,20?/m1/s1. The van der Waals surface area contributed by atoms with Crippen LogP contribution in [0.15, 0.2) is 48.1 Å². The largest absolute Gasteiger partial charge is 0.298 e. The molecule has 3 rings (SSSR count). The fraction of sp³-hybridized carbons (Fsp3) is 0.400. The summed E-state index contributed by atoms with van der Waals surface area (Å²) in [4.78, 5) is 25.8. The Hall–Kier alpha value is -1.96. The van der Waals surface area contributed by atoms with Crippen LogP contribution in [0.1, 0.15) is 38.3 Å². The molecule has 0 aromatic heterocycles. The van der Waals surface area contributed by atoms with Crippen molar-refractivity contribution in [2.24, 2.45) is 11.8 Å². The summed E-state index contributed by atoms with van der Waals surface area (Å²) in [5.41, 5.74) is 3.13. The van der Waals surface area contributed by atoms with E-state index in [0.29, 0.717) is 6.42 Å². The van der Waals surface area contributed by atoms with Crippen LogP contribution < -0.4 is 0 Å². The molecule has 0 heterocycles. The van der Waals surface area contributed by atoms with E-state index in [1.165, 1.54) is 0 Å². The van der Waals surface area contributed by atoms with Crippen LogP contribution in [0.5, 0.6) is 0 Å². The Balaban J connectivity index is 2.19. The van der Waals surface area contributed by atoms with Crippen molar-refractivity contribution >= 4 is 11.6 Å². The maximum absolute atomic E-state index is 12.9. The second-order valence-electron chi connectivity index (χ2n) is 6.88. The van der Waals surface area contributed by atoms with Crippen molar-refractivity contribution in [1.29, 1.82) is 0 Å². The molecule has 0 aliphatic heterocycles. The summed E-state index contributed by atoms with van der Waals surface area (Å²) >= 11 is 0. The molecule has 0 spiro atoms. The first-order chi connectivity index (χ1) is 10.4. The van der Waals surface area contributed by atoms with Crippen LogP contribution in [-0.4, -0.2) is 11.6 Å². The lowest BCUT2D eigenvalue weighted by Gasteiger charge is -2.40. The van der Waals surface area contributed by atoms with E-state index in [1.807, 2.05) is 51.1 Å². The van der Waals surface area contributed by atoms with Gasteiger partial charge in [0.15, 0.2) is 5.78 Å². The topological polar surface area (TPSA) is 34.1 Å². The molecule has 0 amide bonds. The molecule has 2 aliphatic carbocycles. The van der Waals surface area contributed by atoms with E-state index in [2.05, 4.69) is 6.58 Å². The summed E-state index contributed by atoms with van der Waals surface area (Å²) in [5.74, 6) is -0.0257. The van der Waals surface area contributed by atoms with Gasteiger partial charge < -0.3 is 0 Å². The molecule has 0 fully saturated rings. The normalized spacial score (nSPS) is 31.0. The van der Waals surface area contributed by atoms with E-state index in [4.69, 9.17) is 0 Å². The third-order valence-electron chi connectivity index (χ3n) is 5.51. The van der Waals surface area contributed by atoms with Gasteiger partial charge in [-0.25, -0.2) is 0 Å². The van der Waals surface area contributed by atoms with Gasteiger partial charge in [0.05, 0.1) is 5.41 Å². The van der Waals surface area contributed by atoms with E-state index >= 15 is 0 Å². The highest BCUT2D eigenvalue weighted by molar-refractivity contribution is 6.06. The number of allylic oxidation sites excluding steroid dienone is 3. The van der Waals surface area contributed by atoms with Crippen LogP contribution >= 0.6 is 0 Å². The lowest BCUT2D eigenvalue weighted by atomic mass is 9.60. The number of benzene rings is 1. The number of ketones is 2. The van der Waals surface area contributed by atoms with Crippen molar-refractivity contribution in [3.05, 3.63) is 59.2 Å². The fourth-order valence-electron chi connectivity index (χ4n) is 4.15. The maximum atomic E-state index is 12.9. The van der Waals surface area contributed by atoms with Gasteiger partial charge in [0, 0.05) is 12.3 Å². The predicted octanol–water partition coefficient (Wildman–Crippen LogP) is 3.80. The van der Waals surface area contributed by atoms with Crippen LogP contribution in [0, 0.1) is 11.8 Å². The number of carbonyl (C=O) groups excluding carboxylic acids is 2. The van der Waals surface area contributed by atoms with Crippen LogP contribution in [0.2, 0.25) is 0 Å². The number of Topliss-reactive ketones (excluding diaryl/α,β-unsaturated/α-hetero) is 2.